The second-order valence-corrected chi connectivity index (χ2v) is 7.76. The highest BCUT2D eigenvalue weighted by Crippen LogP contribution is 2.26. The third-order valence-corrected chi connectivity index (χ3v) is 5.19. The lowest BCUT2D eigenvalue weighted by Gasteiger charge is -2.11. The first kappa shape index (κ1) is 21.5. The van der Waals surface area contributed by atoms with E-state index in [1.807, 2.05) is 0 Å². The molecular weight excluding hydrogens is 409 g/mol. The molecule has 0 unspecified atom stereocenters. The molecule has 2 aromatic rings. The highest BCUT2D eigenvalue weighted by Gasteiger charge is 2.21. The van der Waals surface area contributed by atoms with Crippen molar-refractivity contribution in [2.24, 2.45) is 0 Å². The smallest absolute Gasteiger partial charge is 0.255 e. The third-order valence-electron chi connectivity index (χ3n) is 3.44. The minimum absolute atomic E-state index is 0.0811. The van der Waals surface area contributed by atoms with Crippen LogP contribution in [0, 0.1) is 5.82 Å². The SMILES string of the molecule is C=CCNS(=O)(=O)c1cc(C(=O)Nc2ccc(NC(C)=O)cc2Cl)ccc1F. The molecule has 0 fully saturated rings. The molecule has 2 amide bonds. The van der Waals surface area contributed by atoms with Gasteiger partial charge in [0.1, 0.15) is 10.7 Å². The van der Waals surface area contributed by atoms with E-state index < -0.39 is 26.6 Å². The number of rotatable bonds is 7. The summed E-state index contributed by atoms with van der Waals surface area (Å²) in [5.74, 6) is -1.96. The van der Waals surface area contributed by atoms with Crippen LogP contribution in [0.15, 0.2) is 53.9 Å². The maximum Gasteiger partial charge on any atom is 0.255 e. The zero-order chi connectivity index (χ0) is 20.9. The molecule has 0 aliphatic carbocycles. The molecule has 0 aliphatic rings. The molecule has 0 atom stereocenters. The molecule has 148 valence electrons. The lowest BCUT2D eigenvalue weighted by atomic mass is 10.2. The van der Waals surface area contributed by atoms with Crippen molar-refractivity contribution in [1.82, 2.24) is 4.72 Å². The number of amides is 2. The minimum Gasteiger partial charge on any atom is -0.326 e. The lowest BCUT2D eigenvalue weighted by Crippen LogP contribution is -2.25. The van der Waals surface area contributed by atoms with E-state index in [2.05, 4.69) is 21.9 Å². The molecule has 0 radical (unpaired) electrons. The first-order valence-electron chi connectivity index (χ1n) is 7.92. The van der Waals surface area contributed by atoms with Gasteiger partial charge >= 0.3 is 0 Å². The molecule has 10 heteroatoms. The molecule has 28 heavy (non-hydrogen) atoms. The number of nitrogens with one attached hydrogen (secondary N) is 3. The topological polar surface area (TPSA) is 104 Å². The Labute approximate surface area is 166 Å². The Balaban J connectivity index is 2.27. The predicted molar refractivity (Wildman–Crippen MR) is 105 cm³/mol. The Kier molecular flexibility index (Phi) is 6.90. The normalized spacial score (nSPS) is 11.0. The van der Waals surface area contributed by atoms with Crippen LogP contribution in [0.5, 0.6) is 0 Å². The molecule has 0 aromatic heterocycles. The Bertz CT molecular complexity index is 1040. The predicted octanol–water partition coefficient (Wildman–Crippen LogP) is 3.15. The summed E-state index contributed by atoms with van der Waals surface area (Å²) in [6.45, 7) is 4.63. The quantitative estimate of drug-likeness (QED) is 0.592. The average Bonchev–Trinajstić information content (AvgIpc) is 2.62. The zero-order valence-electron chi connectivity index (χ0n) is 14.8. The summed E-state index contributed by atoms with van der Waals surface area (Å²) in [5.41, 5.74) is 0.598. The summed E-state index contributed by atoms with van der Waals surface area (Å²) in [7, 11) is -4.15. The van der Waals surface area contributed by atoms with Crippen LogP contribution in [0.3, 0.4) is 0 Å². The van der Waals surface area contributed by atoms with Gasteiger partial charge in [0.2, 0.25) is 15.9 Å². The second-order valence-electron chi connectivity index (χ2n) is 5.62. The molecule has 0 aliphatic heterocycles. The fraction of sp³-hybridized carbons (Fsp3) is 0.111. The van der Waals surface area contributed by atoms with Crippen molar-refractivity contribution in [3.8, 4) is 0 Å². The average molecular weight is 426 g/mol. The van der Waals surface area contributed by atoms with Crippen molar-refractivity contribution in [3.05, 3.63) is 65.5 Å². The highest BCUT2D eigenvalue weighted by molar-refractivity contribution is 7.89. The number of hydrogen-bond donors (Lipinski definition) is 3. The first-order chi connectivity index (χ1) is 13.1. The van der Waals surface area contributed by atoms with Crippen LogP contribution >= 0.6 is 11.6 Å². The van der Waals surface area contributed by atoms with Gasteiger partial charge in [-0.1, -0.05) is 17.7 Å². The maximum atomic E-state index is 14.0. The number of halogens is 2. The second kappa shape index (κ2) is 8.96. The van der Waals surface area contributed by atoms with E-state index in [9.17, 15) is 22.4 Å². The Morgan fingerprint density at radius 1 is 1.18 bits per heavy atom. The van der Waals surface area contributed by atoms with E-state index in [-0.39, 0.29) is 28.7 Å². The van der Waals surface area contributed by atoms with Crippen molar-refractivity contribution in [2.75, 3.05) is 17.2 Å². The van der Waals surface area contributed by atoms with Crippen LogP contribution in [0.4, 0.5) is 15.8 Å². The van der Waals surface area contributed by atoms with Gasteiger partial charge in [-0.2, -0.15) is 0 Å². The van der Waals surface area contributed by atoms with E-state index in [0.717, 1.165) is 18.2 Å². The van der Waals surface area contributed by atoms with Crippen molar-refractivity contribution in [2.45, 2.75) is 11.8 Å². The summed E-state index contributed by atoms with van der Waals surface area (Å²) in [6.07, 6.45) is 1.30. The van der Waals surface area contributed by atoms with Gasteiger partial charge in [0, 0.05) is 24.7 Å². The van der Waals surface area contributed by atoms with Gasteiger partial charge < -0.3 is 10.6 Å². The van der Waals surface area contributed by atoms with Gasteiger partial charge in [0.25, 0.3) is 5.91 Å². The van der Waals surface area contributed by atoms with Crippen molar-refractivity contribution < 1.29 is 22.4 Å². The highest BCUT2D eigenvalue weighted by atomic mass is 35.5. The van der Waals surface area contributed by atoms with E-state index in [4.69, 9.17) is 11.6 Å². The van der Waals surface area contributed by atoms with E-state index in [1.165, 1.54) is 31.2 Å². The van der Waals surface area contributed by atoms with Gasteiger partial charge in [0.05, 0.1) is 10.7 Å². The summed E-state index contributed by atoms with van der Waals surface area (Å²) in [5, 5.41) is 5.21. The van der Waals surface area contributed by atoms with Crippen molar-refractivity contribution in [3.63, 3.8) is 0 Å². The van der Waals surface area contributed by atoms with E-state index >= 15 is 0 Å². The van der Waals surface area contributed by atoms with E-state index in [0.29, 0.717) is 5.69 Å². The molecular formula is C18H17ClFN3O4S. The summed E-state index contributed by atoms with van der Waals surface area (Å²) >= 11 is 6.09. The Hall–Kier alpha value is -2.75. The number of carbonyl (C=O) groups excluding carboxylic acids is 2. The molecule has 0 saturated heterocycles. The van der Waals surface area contributed by atoms with Crippen LogP contribution in [-0.2, 0) is 14.8 Å². The fourth-order valence-corrected chi connectivity index (χ4v) is 3.52. The monoisotopic (exact) mass is 425 g/mol. The van der Waals surface area contributed by atoms with E-state index in [1.54, 1.807) is 0 Å². The third kappa shape index (κ3) is 5.38. The molecule has 0 saturated carbocycles. The number of hydrogen-bond acceptors (Lipinski definition) is 4. The number of carbonyl (C=O) groups is 2. The zero-order valence-corrected chi connectivity index (χ0v) is 16.3. The standard InChI is InChI=1S/C18H17ClFN3O4S/c1-3-8-21-28(26,27)17-9-12(4-6-15(17)20)18(25)23-16-7-5-13(10-14(16)19)22-11(2)24/h3-7,9-10,21H,1,8H2,2H3,(H,22,24)(H,23,25). The summed E-state index contributed by atoms with van der Waals surface area (Å²) in [4.78, 5) is 22.8. The molecule has 0 bridgehead atoms. The molecule has 2 rings (SSSR count). The van der Waals surface area contributed by atoms with Crippen LogP contribution in [0.2, 0.25) is 5.02 Å². The maximum absolute atomic E-state index is 14.0. The fourth-order valence-electron chi connectivity index (χ4n) is 2.19. The van der Waals surface area contributed by atoms with Crippen LogP contribution < -0.4 is 15.4 Å². The Morgan fingerprint density at radius 3 is 2.50 bits per heavy atom. The van der Waals surface area contributed by atoms with Crippen LogP contribution in [0.25, 0.3) is 0 Å². The first-order valence-corrected chi connectivity index (χ1v) is 9.79. The summed E-state index contributed by atoms with van der Waals surface area (Å²) < 4.78 is 40.4. The van der Waals surface area contributed by atoms with Gasteiger partial charge in [0.15, 0.2) is 0 Å². The number of sulfonamides is 1. The number of anilines is 2. The van der Waals surface area contributed by atoms with Crippen LogP contribution in [0.1, 0.15) is 17.3 Å². The van der Waals surface area contributed by atoms with Gasteiger partial charge in [-0.05, 0) is 36.4 Å². The summed E-state index contributed by atoms with van der Waals surface area (Å²) in [6, 6.07) is 7.41. The largest absolute Gasteiger partial charge is 0.326 e. The lowest BCUT2D eigenvalue weighted by molar-refractivity contribution is -0.114. The van der Waals surface area contributed by atoms with Crippen LogP contribution in [-0.4, -0.2) is 26.8 Å². The molecule has 3 N–H and O–H groups in total. The molecule has 7 nitrogen and oxygen atoms in total. The Morgan fingerprint density at radius 2 is 1.89 bits per heavy atom. The van der Waals surface area contributed by atoms with Gasteiger partial charge in [-0.3, -0.25) is 9.59 Å². The minimum atomic E-state index is -4.15. The number of benzene rings is 2. The van der Waals surface area contributed by atoms with Crippen molar-refractivity contribution in [1.29, 1.82) is 0 Å². The molecule has 0 spiro atoms. The van der Waals surface area contributed by atoms with Gasteiger partial charge in [-0.15, -0.1) is 6.58 Å². The molecule has 0 heterocycles. The van der Waals surface area contributed by atoms with Gasteiger partial charge in [-0.25, -0.2) is 17.5 Å². The van der Waals surface area contributed by atoms with Crippen molar-refractivity contribution >= 4 is 44.8 Å². The molecule has 2 aromatic carbocycles.